The monoisotopic (exact) mass is 388 g/mol. The average Bonchev–Trinajstić information content (AvgIpc) is 3.31. The second-order valence-electron chi connectivity index (χ2n) is 7.49. The van der Waals surface area contributed by atoms with Gasteiger partial charge in [0.25, 0.3) is 5.91 Å². The van der Waals surface area contributed by atoms with Crippen LogP contribution in [0.15, 0.2) is 54.9 Å². The summed E-state index contributed by atoms with van der Waals surface area (Å²) >= 11 is 0. The van der Waals surface area contributed by atoms with Crippen LogP contribution in [-0.2, 0) is 11.3 Å². The summed E-state index contributed by atoms with van der Waals surface area (Å²) in [6.07, 6.45) is 1.63. The van der Waals surface area contributed by atoms with Crippen LogP contribution in [0.25, 0.3) is 21.9 Å². The molecule has 0 saturated carbocycles. The molecule has 1 aliphatic heterocycles. The molecule has 2 aromatic heterocycles. The number of rotatable bonds is 4. The summed E-state index contributed by atoms with van der Waals surface area (Å²) in [4.78, 5) is 20.4. The Kier molecular flexibility index (Phi) is 4.66. The maximum absolute atomic E-state index is 13.6. The Morgan fingerprint density at radius 1 is 1.00 bits per heavy atom. The number of hydrogen-bond acceptors (Lipinski definition) is 4. The molecule has 0 N–H and O–H groups in total. The minimum atomic E-state index is -0.0301. The van der Waals surface area contributed by atoms with E-state index in [1.165, 1.54) is 0 Å². The van der Waals surface area contributed by atoms with Crippen LogP contribution < -0.4 is 0 Å². The third kappa shape index (κ3) is 3.14. The zero-order valence-corrected chi connectivity index (χ0v) is 16.5. The molecule has 0 bridgehead atoms. The topological polar surface area (TPSA) is 52.3 Å². The molecule has 6 heteroatoms. The number of imidazole rings is 1. The maximum Gasteiger partial charge on any atom is 0.266 e. The van der Waals surface area contributed by atoms with E-state index in [0.717, 1.165) is 72.6 Å². The number of carbonyl (C=O) groups excluding carboxylic acids is 1. The van der Waals surface area contributed by atoms with Crippen LogP contribution in [0, 0.1) is 6.92 Å². The molecule has 0 amide bonds. The first-order chi connectivity index (χ1) is 14.2. The Morgan fingerprint density at radius 2 is 1.72 bits per heavy atom. The van der Waals surface area contributed by atoms with Crippen molar-refractivity contribution in [2.75, 3.05) is 32.8 Å². The van der Waals surface area contributed by atoms with Gasteiger partial charge in [-0.2, -0.15) is 0 Å². The summed E-state index contributed by atoms with van der Waals surface area (Å²) in [5, 5.41) is 0.995. The standard InChI is InChI=1S/C23H24N4O2/c1-17-22(23(28)27-16-24-19-7-3-5-9-21(19)27)18-6-2-4-8-20(18)26(17)11-10-25-12-14-29-15-13-25/h2-9,16H,10-15H2,1H3. The van der Waals surface area contributed by atoms with Gasteiger partial charge in [0.1, 0.15) is 6.33 Å². The van der Waals surface area contributed by atoms with E-state index in [4.69, 9.17) is 4.74 Å². The van der Waals surface area contributed by atoms with Crippen molar-refractivity contribution >= 4 is 27.8 Å². The molecule has 2 aromatic carbocycles. The normalized spacial score (nSPS) is 15.3. The highest BCUT2D eigenvalue weighted by Crippen LogP contribution is 2.28. The van der Waals surface area contributed by atoms with Gasteiger partial charge in [0.2, 0.25) is 0 Å². The molecule has 1 fully saturated rings. The van der Waals surface area contributed by atoms with Gasteiger partial charge in [0.15, 0.2) is 0 Å². The van der Waals surface area contributed by atoms with Gasteiger partial charge in [-0.1, -0.05) is 30.3 Å². The fourth-order valence-electron chi connectivity index (χ4n) is 4.30. The number of ether oxygens (including phenoxy) is 1. The summed E-state index contributed by atoms with van der Waals surface area (Å²) in [6, 6.07) is 15.9. The first-order valence-corrected chi connectivity index (χ1v) is 10.1. The Bertz CT molecular complexity index is 1180. The van der Waals surface area contributed by atoms with Crippen LogP contribution >= 0.6 is 0 Å². The predicted molar refractivity (Wildman–Crippen MR) is 113 cm³/mol. The van der Waals surface area contributed by atoms with Crippen molar-refractivity contribution in [1.82, 2.24) is 19.0 Å². The molecule has 0 atom stereocenters. The molecule has 0 spiro atoms. The van der Waals surface area contributed by atoms with Gasteiger partial charge in [0.05, 0.1) is 29.8 Å². The predicted octanol–water partition coefficient (Wildman–Crippen LogP) is 3.32. The third-order valence-corrected chi connectivity index (χ3v) is 5.86. The molecule has 148 valence electrons. The summed E-state index contributed by atoms with van der Waals surface area (Å²) in [5.74, 6) is -0.0301. The van der Waals surface area contributed by atoms with Gasteiger partial charge in [0, 0.05) is 42.8 Å². The van der Waals surface area contributed by atoms with Gasteiger partial charge in [-0.3, -0.25) is 14.3 Å². The second-order valence-corrected chi connectivity index (χ2v) is 7.49. The Labute approximate surface area is 169 Å². The largest absolute Gasteiger partial charge is 0.379 e. The van der Waals surface area contributed by atoms with Crippen molar-refractivity contribution in [2.24, 2.45) is 0 Å². The highest BCUT2D eigenvalue weighted by atomic mass is 16.5. The van der Waals surface area contributed by atoms with E-state index < -0.39 is 0 Å². The quantitative estimate of drug-likeness (QED) is 0.538. The van der Waals surface area contributed by atoms with Gasteiger partial charge in [-0.05, 0) is 25.1 Å². The molecule has 1 saturated heterocycles. The summed E-state index contributed by atoms with van der Waals surface area (Å²) in [5.41, 5.74) is 4.52. The van der Waals surface area contributed by atoms with E-state index in [0.29, 0.717) is 0 Å². The van der Waals surface area contributed by atoms with Crippen LogP contribution in [0.2, 0.25) is 0 Å². The molecular weight excluding hydrogens is 364 g/mol. The lowest BCUT2D eigenvalue weighted by molar-refractivity contribution is 0.0365. The number of morpholine rings is 1. The van der Waals surface area contributed by atoms with Gasteiger partial charge in [-0.25, -0.2) is 4.98 Å². The van der Waals surface area contributed by atoms with Crippen molar-refractivity contribution in [3.8, 4) is 0 Å². The smallest absolute Gasteiger partial charge is 0.266 e. The lowest BCUT2D eigenvalue weighted by Gasteiger charge is -2.27. The maximum atomic E-state index is 13.6. The average molecular weight is 388 g/mol. The number of fused-ring (bicyclic) bond motifs is 2. The molecule has 6 nitrogen and oxygen atoms in total. The first-order valence-electron chi connectivity index (χ1n) is 10.1. The van der Waals surface area contributed by atoms with Gasteiger partial charge < -0.3 is 9.30 Å². The first kappa shape index (κ1) is 18.1. The number of carbonyl (C=O) groups is 1. The van der Waals surface area contributed by atoms with Crippen LogP contribution in [0.4, 0.5) is 0 Å². The van der Waals surface area contributed by atoms with E-state index in [2.05, 4.69) is 20.5 Å². The van der Waals surface area contributed by atoms with Gasteiger partial charge >= 0.3 is 0 Å². The van der Waals surface area contributed by atoms with Crippen molar-refractivity contribution in [3.05, 3.63) is 66.1 Å². The van der Waals surface area contributed by atoms with Crippen LogP contribution in [0.5, 0.6) is 0 Å². The number of aromatic nitrogens is 3. The third-order valence-electron chi connectivity index (χ3n) is 5.86. The van der Waals surface area contributed by atoms with Crippen molar-refractivity contribution in [2.45, 2.75) is 13.5 Å². The van der Waals surface area contributed by atoms with E-state index in [9.17, 15) is 4.79 Å². The van der Waals surface area contributed by atoms with Crippen LogP contribution in [0.3, 0.4) is 0 Å². The van der Waals surface area contributed by atoms with Crippen molar-refractivity contribution in [3.63, 3.8) is 0 Å². The fourth-order valence-corrected chi connectivity index (χ4v) is 4.30. The minimum absolute atomic E-state index is 0.0301. The fraction of sp³-hybridized carbons (Fsp3) is 0.304. The zero-order valence-electron chi connectivity index (χ0n) is 16.5. The minimum Gasteiger partial charge on any atom is -0.379 e. The number of nitrogens with zero attached hydrogens (tertiary/aromatic N) is 4. The highest BCUT2D eigenvalue weighted by molar-refractivity contribution is 6.11. The molecule has 29 heavy (non-hydrogen) atoms. The summed E-state index contributed by atoms with van der Waals surface area (Å²) < 4.78 is 9.39. The Balaban J connectivity index is 1.55. The number of hydrogen-bond donors (Lipinski definition) is 0. The summed E-state index contributed by atoms with van der Waals surface area (Å²) in [7, 11) is 0. The van der Waals surface area contributed by atoms with E-state index in [1.54, 1.807) is 10.9 Å². The SMILES string of the molecule is Cc1c(C(=O)n2cnc3ccccc32)c2ccccc2n1CCN1CCOCC1. The zero-order chi connectivity index (χ0) is 19.8. The van der Waals surface area contributed by atoms with Gasteiger partial charge in [-0.15, -0.1) is 0 Å². The number of para-hydroxylation sites is 3. The van der Waals surface area contributed by atoms with E-state index in [1.807, 2.05) is 49.4 Å². The molecule has 0 unspecified atom stereocenters. The molecule has 3 heterocycles. The summed E-state index contributed by atoms with van der Waals surface area (Å²) in [6.45, 7) is 7.36. The molecule has 5 rings (SSSR count). The molecular formula is C23H24N4O2. The Morgan fingerprint density at radius 3 is 2.55 bits per heavy atom. The lowest BCUT2D eigenvalue weighted by Crippen LogP contribution is -2.38. The van der Waals surface area contributed by atoms with Crippen LogP contribution in [-0.4, -0.2) is 57.8 Å². The van der Waals surface area contributed by atoms with Crippen molar-refractivity contribution < 1.29 is 9.53 Å². The molecule has 4 aromatic rings. The van der Waals surface area contributed by atoms with E-state index in [-0.39, 0.29) is 5.91 Å². The molecule has 0 radical (unpaired) electrons. The van der Waals surface area contributed by atoms with E-state index >= 15 is 0 Å². The van der Waals surface area contributed by atoms with Crippen molar-refractivity contribution in [1.29, 1.82) is 0 Å². The second kappa shape index (κ2) is 7.46. The lowest BCUT2D eigenvalue weighted by atomic mass is 10.1. The Hall–Kier alpha value is -2.96. The molecule has 1 aliphatic rings. The number of benzene rings is 2. The highest BCUT2D eigenvalue weighted by Gasteiger charge is 2.22. The molecule has 0 aliphatic carbocycles. The van der Waals surface area contributed by atoms with Crippen LogP contribution in [0.1, 0.15) is 16.1 Å².